The lowest BCUT2D eigenvalue weighted by atomic mass is 9.87. The maximum Gasteiger partial charge on any atom is 0.232 e. The number of rotatable bonds is 5. The van der Waals surface area contributed by atoms with E-state index in [1.165, 1.54) is 11.3 Å². The summed E-state index contributed by atoms with van der Waals surface area (Å²) in [6.07, 6.45) is -0.239. The maximum atomic E-state index is 13.1. The lowest BCUT2D eigenvalue weighted by molar-refractivity contribution is -0.122. The van der Waals surface area contributed by atoms with Crippen molar-refractivity contribution in [1.82, 2.24) is 5.32 Å². The van der Waals surface area contributed by atoms with Crippen LogP contribution in [-0.2, 0) is 9.53 Å². The quantitative estimate of drug-likeness (QED) is 0.646. The van der Waals surface area contributed by atoms with Crippen molar-refractivity contribution in [1.29, 1.82) is 0 Å². The van der Waals surface area contributed by atoms with E-state index in [0.717, 1.165) is 16.0 Å². The Labute approximate surface area is 166 Å². The van der Waals surface area contributed by atoms with Crippen LogP contribution in [0.3, 0.4) is 0 Å². The number of methoxy groups -OCH3 is 1. The van der Waals surface area contributed by atoms with Gasteiger partial charge in [0.1, 0.15) is 17.6 Å². The first-order valence-corrected chi connectivity index (χ1v) is 9.78. The van der Waals surface area contributed by atoms with E-state index in [1.54, 1.807) is 7.11 Å². The van der Waals surface area contributed by atoms with Crippen molar-refractivity contribution in [2.24, 2.45) is 0 Å². The molecular formula is C21H18ClNO3S. The van der Waals surface area contributed by atoms with Gasteiger partial charge < -0.3 is 14.8 Å². The van der Waals surface area contributed by atoms with Crippen LogP contribution in [0.4, 0.5) is 0 Å². The molecule has 4 rings (SSSR count). The number of halogens is 1. The van der Waals surface area contributed by atoms with Crippen LogP contribution in [0.15, 0.2) is 60.7 Å². The van der Waals surface area contributed by atoms with E-state index in [1.807, 2.05) is 60.7 Å². The van der Waals surface area contributed by atoms with Crippen LogP contribution in [-0.4, -0.2) is 19.6 Å². The fourth-order valence-corrected chi connectivity index (χ4v) is 4.43. The first-order valence-electron chi connectivity index (χ1n) is 8.59. The molecule has 0 bridgehead atoms. The highest BCUT2D eigenvalue weighted by Gasteiger charge is 2.32. The Balaban J connectivity index is 1.58. The molecule has 0 aliphatic carbocycles. The van der Waals surface area contributed by atoms with E-state index < -0.39 is 5.92 Å². The highest BCUT2D eigenvalue weighted by Crippen LogP contribution is 2.44. The minimum Gasteiger partial charge on any atom is -0.457 e. The standard InChI is InChI=1S/C21H18ClNO3S/c1-25-17(18-10-11-19(22)27-18)12-23-21(24)20-13-6-2-4-8-15(13)26-16-9-5-3-7-14(16)20/h2-11,17,20H,12H2,1H3,(H,23,24)/t17-/m1/s1. The number of nitrogens with one attached hydrogen (secondary N) is 1. The van der Waals surface area contributed by atoms with Crippen LogP contribution < -0.4 is 10.1 Å². The predicted octanol–water partition coefficient (Wildman–Crippen LogP) is 5.14. The molecule has 0 unspecified atom stereocenters. The summed E-state index contributed by atoms with van der Waals surface area (Å²) in [5.41, 5.74) is 1.73. The van der Waals surface area contributed by atoms with Crippen molar-refractivity contribution in [3.8, 4) is 11.5 Å². The molecule has 1 aliphatic heterocycles. The highest BCUT2D eigenvalue weighted by atomic mass is 35.5. The zero-order chi connectivity index (χ0) is 18.8. The molecule has 0 radical (unpaired) electrons. The lowest BCUT2D eigenvalue weighted by Gasteiger charge is -2.28. The number of thiophene rings is 1. The number of fused-ring (bicyclic) bond motifs is 2. The van der Waals surface area contributed by atoms with Gasteiger partial charge in [-0.2, -0.15) is 0 Å². The van der Waals surface area contributed by atoms with Crippen molar-refractivity contribution in [3.05, 3.63) is 81.0 Å². The number of ether oxygens (including phenoxy) is 2. The number of hydrogen-bond acceptors (Lipinski definition) is 4. The van der Waals surface area contributed by atoms with Gasteiger partial charge in [0.25, 0.3) is 0 Å². The van der Waals surface area contributed by atoms with Crippen molar-refractivity contribution in [2.75, 3.05) is 13.7 Å². The molecule has 6 heteroatoms. The number of amides is 1. The van der Waals surface area contributed by atoms with Gasteiger partial charge in [-0.15, -0.1) is 11.3 Å². The maximum absolute atomic E-state index is 13.1. The fourth-order valence-electron chi connectivity index (χ4n) is 3.29. The van der Waals surface area contributed by atoms with Gasteiger partial charge in [0, 0.05) is 29.7 Å². The molecule has 1 aromatic heterocycles. The topological polar surface area (TPSA) is 47.6 Å². The molecule has 2 heterocycles. The summed E-state index contributed by atoms with van der Waals surface area (Å²) in [6.45, 7) is 0.369. The van der Waals surface area contributed by atoms with Crippen molar-refractivity contribution in [3.63, 3.8) is 0 Å². The first-order chi connectivity index (χ1) is 13.2. The third kappa shape index (κ3) is 3.58. The molecule has 138 valence electrons. The second kappa shape index (κ2) is 7.72. The summed E-state index contributed by atoms with van der Waals surface area (Å²) in [4.78, 5) is 14.1. The van der Waals surface area contributed by atoms with Crippen LogP contribution in [0.5, 0.6) is 11.5 Å². The molecule has 1 aliphatic rings. The fraction of sp³-hybridized carbons (Fsp3) is 0.190. The Bertz CT molecular complexity index is 926. The van der Waals surface area contributed by atoms with E-state index in [9.17, 15) is 4.79 Å². The molecule has 0 spiro atoms. The third-order valence-corrected chi connectivity index (χ3v) is 5.92. The van der Waals surface area contributed by atoms with E-state index >= 15 is 0 Å². The van der Waals surface area contributed by atoms with Crippen LogP contribution in [0, 0.1) is 0 Å². The molecule has 2 aromatic carbocycles. The zero-order valence-electron chi connectivity index (χ0n) is 14.6. The van der Waals surface area contributed by atoms with Gasteiger partial charge in [-0.1, -0.05) is 48.0 Å². The van der Waals surface area contributed by atoms with Gasteiger partial charge in [0.05, 0.1) is 10.3 Å². The van der Waals surface area contributed by atoms with Gasteiger partial charge in [0.2, 0.25) is 5.91 Å². The third-order valence-electron chi connectivity index (χ3n) is 4.60. The Hall–Kier alpha value is -2.34. The van der Waals surface area contributed by atoms with E-state index in [-0.39, 0.29) is 12.0 Å². The van der Waals surface area contributed by atoms with Crippen LogP contribution >= 0.6 is 22.9 Å². The van der Waals surface area contributed by atoms with Crippen LogP contribution in [0.1, 0.15) is 28.0 Å². The smallest absolute Gasteiger partial charge is 0.232 e. The summed E-state index contributed by atoms with van der Waals surface area (Å²) >= 11 is 7.47. The average Bonchev–Trinajstić information content (AvgIpc) is 3.12. The summed E-state index contributed by atoms with van der Waals surface area (Å²) in [5, 5.41) is 3.04. The average molecular weight is 400 g/mol. The molecular weight excluding hydrogens is 382 g/mol. The molecule has 0 saturated heterocycles. The van der Waals surface area contributed by atoms with Gasteiger partial charge in [-0.3, -0.25) is 4.79 Å². The van der Waals surface area contributed by atoms with Gasteiger partial charge >= 0.3 is 0 Å². The van der Waals surface area contributed by atoms with E-state index in [0.29, 0.717) is 22.4 Å². The number of benzene rings is 2. The summed E-state index contributed by atoms with van der Waals surface area (Å²) in [5.74, 6) is 0.924. The number of carbonyl (C=O) groups excluding carboxylic acids is 1. The highest BCUT2D eigenvalue weighted by molar-refractivity contribution is 7.16. The Kier molecular flexibility index (Phi) is 5.16. The first kappa shape index (κ1) is 18.0. The molecule has 27 heavy (non-hydrogen) atoms. The normalized spacial score (nSPS) is 14.0. The van der Waals surface area contributed by atoms with Crippen LogP contribution in [0.25, 0.3) is 0 Å². The molecule has 1 atom stereocenters. The minimum absolute atomic E-state index is 0.0806. The Morgan fingerprint density at radius 1 is 1.11 bits per heavy atom. The minimum atomic E-state index is -0.421. The van der Waals surface area contributed by atoms with Crippen molar-refractivity contribution >= 4 is 28.8 Å². The predicted molar refractivity (Wildman–Crippen MR) is 107 cm³/mol. The van der Waals surface area contributed by atoms with E-state index in [4.69, 9.17) is 21.1 Å². The van der Waals surface area contributed by atoms with Gasteiger partial charge in [0.15, 0.2) is 0 Å². The second-order valence-corrected chi connectivity index (χ2v) is 7.97. The van der Waals surface area contributed by atoms with Crippen LogP contribution in [0.2, 0.25) is 4.34 Å². The molecule has 0 saturated carbocycles. The molecule has 1 N–H and O–H groups in total. The Morgan fingerprint density at radius 2 is 1.74 bits per heavy atom. The lowest BCUT2D eigenvalue weighted by Crippen LogP contribution is -2.34. The molecule has 4 nitrogen and oxygen atoms in total. The summed E-state index contributed by atoms with van der Waals surface area (Å²) < 4.78 is 12.2. The molecule has 1 amide bonds. The molecule has 0 fully saturated rings. The zero-order valence-corrected chi connectivity index (χ0v) is 16.2. The van der Waals surface area contributed by atoms with E-state index in [2.05, 4.69) is 5.32 Å². The number of hydrogen-bond donors (Lipinski definition) is 1. The van der Waals surface area contributed by atoms with Crippen molar-refractivity contribution in [2.45, 2.75) is 12.0 Å². The van der Waals surface area contributed by atoms with Gasteiger partial charge in [-0.05, 0) is 24.3 Å². The van der Waals surface area contributed by atoms with Crippen molar-refractivity contribution < 1.29 is 14.3 Å². The SMILES string of the molecule is CO[C@H](CNC(=O)C1c2ccccc2Oc2ccccc21)c1ccc(Cl)s1. The number of para-hydroxylation sites is 2. The van der Waals surface area contributed by atoms with Gasteiger partial charge in [-0.25, -0.2) is 0 Å². The summed E-state index contributed by atoms with van der Waals surface area (Å²) in [6, 6.07) is 19.0. The number of carbonyl (C=O) groups is 1. The molecule has 3 aromatic rings. The Morgan fingerprint density at radius 3 is 2.30 bits per heavy atom. The largest absolute Gasteiger partial charge is 0.457 e. The summed E-state index contributed by atoms with van der Waals surface area (Å²) in [7, 11) is 1.63. The monoisotopic (exact) mass is 399 g/mol. The second-order valence-electron chi connectivity index (χ2n) is 6.22.